The Kier molecular flexibility index (Phi) is 7.28. The van der Waals surface area contributed by atoms with Gasteiger partial charge in [-0.1, -0.05) is 18.6 Å². The maximum absolute atomic E-state index is 12.1. The number of amidine groups is 1. The molecule has 1 aromatic heterocycles. The van der Waals surface area contributed by atoms with Gasteiger partial charge in [0.25, 0.3) is 10.0 Å². The third kappa shape index (κ3) is 5.48. The van der Waals surface area contributed by atoms with Gasteiger partial charge < -0.3 is 9.73 Å². The van der Waals surface area contributed by atoms with Gasteiger partial charge in [-0.05, 0) is 51.2 Å². The molecule has 8 nitrogen and oxygen atoms in total. The second-order valence-corrected chi connectivity index (χ2v) is 9.09. The molecule has 1 aliphatic rings. The number of aliphatic imine (C=N–C) groups is 1. The molecule has 0 radical (unpaired) electrons. The van der Waals surface area contributed by atoms with Crippen molar-refractivity contribution in [1.82, 2.24) is 14.9 Å². The van der Waals surface area contributed by atoms with E-state index in [9.17, 15) is 13.2 Å². The molecule has 0 bridgehead atoms. The molecule has 9 heteroatoms. The number of hydrogen-bond donors (Lipinski definition) is 2. The number of nitrogens with one attached hydrogen (secondary N) is 2. The third-order valence-corrected chi connectivity index (χ3v) is 6.38. The molecule has 1 unspecified atom stereocenters. The number of carbonyl (C=O) groups is 1. The second-order valence-electron chi connectivity index (χ2n) is 7.44. The fraction of sp³-hybridized carbons (Fsp3) is 0.429. The topological polar surface area (TPSA) is 104 Å². The Bertz CT molecular complexity index is 984. The summed E-state index contributed by atoms with van der Waals surface area (Å²) in [5.41, 5.74) is 0.615. The first kappa shape index (κ1) is 22.0. The molecule has 1 aliphatic heterocycles. The molecular weight excluding hydrogens is 404 g/mol. The highest BCUT2D eigenvalue weighted by atomic mass is 32.2. The number of fused-ring (bicyclic) bond motifs is 1. The molecule has 1 atom stereocenters. The molecule has 0 saturated heterocycles. The fourth-order valence-electron chi connectivity index (χ4n) is 3.33. The van der Waals surface area contributed by atoms with Crippen molar-refractivity contribution < 1.29 is 17.6 Å². The Morgan fingerprint density at radius 2 is 1.97 bits per heavy atom. The van der Waals surface area contributed by atoms with Crippen molar-refractivity contribution in [3.05, 3.63) is 54.0 Å². The minimum atomic E-state index is -3.49. The van der Waals surface area contributed by atoms with E-state index in [1.807, 2.05) is 31.1 Å². The molecule has 2 N–H and O–H groups in total. The molecule has 162 valence electrons. The predicted molar refractivity (Wildman–Crippen MR) is 115 cm³/mol. The second kappa shape index (κ2) is 9.90. The molecule has 1 amide bonds. The van der Waals surface area contributed by atoms with Crippen LogP contribution in [0.5, 0.6) is 0 Å². The van der Waals surface area contributed by atoms with Crippen LogP contribution in [-0.2, 0) is 14.8 Å². The lowest BCUT2D eigenvalue weighted by molar-refractivity contribution is -0.121. The van der Waals surface area contributed by atoms with Gasteiger partial charge in [-0.15, -0.1) is 0 Å². The molecule has 2 heterocycles. The number of likely N-dealkylation sites (N-methyl/N-ethyl adjacent to an activating group) is 1. The van der Waals surface area contributed by atoms with Crippen LogP contribution >= 0.6 is 0 Å². The Balaban J connectivity index is 1.37. The van der Waals surface area contributed by atoms with E-state index in [0.29, 0.717) is 30.9 Å². The van der Waals surface area contributed by atoms with Crippen LogP contribution in [0.4, 0.5) is 0 Å². The van der Waals surface area contributed by atoms with Gasteiger partial charge in [-0.25, -0.2) is 8.42 Å². The summed E-state index contributed by atoms with van der Waals surface area (Å²) in [7, 11) is 0.403. The first-order valence-electron chi connectivity index (χ1n) is 10.0. The van der Waals surface area contributed by atoms with Gasteiger partial charge >= 0.3 is 0 Å². The lowest BCUT2D eigenvalue weighted by Crippen LogP contribution is -2.34. The van der Waals surface area contributed by atoms with Crippen LogP contribution in [0.15, 0.2) is 57.0 Å². The van der Waals surface area contributed by atoms with Crippen molar-refractivity contribution in [1.29, 1.82) is 0 Å². The standard InChI is InChI=1S/C21H28N4O4S/c1-25(2)17(18-10-8-14-29-18)15-23-20(26)12-4-3-7-13-22-21-16-9-5-6-11-19(16)30(27,28)24-21/h5-6,8-11,14,17H,3-4,7,12-13,15H2,1-2H3,(H,22,24)(H,23,26). The Morgan fingerprint density at radius 3 is 2.70 bits per heavy atom. The number of unbranched alkanes of at least 4 members (excludes halogenated alkanes) is 2. The first-order valence-corrected chi connectivity index (χ1v) is 11.5. The molecule has 3 rings (SSSR count). The van der Waals surface area contributed by atoms with Crippen molar-refractivity contribution in [2.75, 3.05) is 27.2 Å². The highest BCUT2D eigenvalue weighted by Gasteiger charge is 2.29. The van der Waals surface area contributed by atoms with E-state index < -0.39 is 10.0 Å². The highest BCUT2D eigenvalue weighted by Crippen LogP contribution is 2.22. The summed E-state index contributed by atoms with van der Waals surface area (Å²) >= 11 is 0. The van der Waals surface area contributed by atoms with Gasteiger partial charge in [0, 0.05) is 25.1 Å². The average molecular weight is 433 g/mol. The zero-order chi connectivity index (χ0) is 21.6. The number of hydrogen-bond acceptors (Lipinski definition) is 6. The number of carbonyl (C=O) groups excluding carboxylic acids is 1. The van der Waals surface area contributed by atoms with Crippen molar-refractivity contribution in [3.8, 4) is 0 Å². The minimum Gasteiger partial charge on any atom is -0.468 e. The van der Waals surface area contributed by atoms with Gasteiger partial charge in [0.1, 0.15) is 11.6 Å². The lowest BCUT2D eigenvalue weighted by atomic mass is 10.1. The van der Waals surface area contributed by atoms with Crippen LogP contribution in [0.3, 0.4) is 0 Å². The summed E-state index contributed by atoms with van der Waals surface area (Å²) in [5.74, 6) is 1.23. The van der Waals surface area contributed by atoms with Crippen molar-refractivity contribution >= 4 is 21.8 Å². The van der Waals surface area contributed by atoms with Crippen molar-refractivity contribution in [2.24, 2.45) is 4.99 Å². The molecule has 2 aromatic rings. The summed E-state index contributed by atoms with van der Waals surface area (Å²) < 4.78 is 32.1. The maximum Gasteiger partial charge on any atom is 0.263 e. The summed E-state index contributed by atoms with van der Waals surface area (Å²) in [6.07, 6.45) is 4.46. The van der Waals surface area contributed by atoms with Crippen molar-refractivity contribution in [3.63, 3.8) is 0 Å². The number of nitrogens with zero attached hydrogens (tertiary/aromatic N) is 2. The van der Waals surface area contributed by atoms with E-state index >= 15 is 0 Å². The molecule has 0 saturated carbocycles. The largest absolute Gasteiger partial charge is 0.468 e. The normalized spacial score (nSPS) is 17.0. The fourth-order valence-corrected chi connectivity index (χ4v) is 4.58. The maximum atomic E-state index is 12.1. The monoisotopic (exact) mass is 432 g/mol. The number of furan rings is 1. The summed E-state index contributed by atoms with van der Waals surface area (Å²) in [6.45, 7) is 1.00. The zero-order valence-electron chi connectivity index (χ0n) is 17.3. The van der Waals surface area contributed by atoms with Gasteiger partial charge in [-0.3, -0.25) is 19.4 Å². The van der Waals surface area contributed by atoms with Crippen LogP contribution in [0.2, 0.25) is 0 Å². The SMILES string of the molecule is CN(C)C(CNC(=O)CCCCCN=C1NS(=O)(=O)c2ccccc21)c1ccco1. The molecule has 0 fully saturated rings. The lowest BCUT2D eigenvalue weighted by Gasteiger charge is -2.22. The molecule has 0 spiro atoms. The first-order chi connectivity index (χ1) is 14.4. The van der Waals surface area contributed by atoms with Gasteiger partial charge in [0.05, 0.1) is 17.2 Å². The Labute approximate surface area is 177 Å². The predicted octanol–water partition coefficient (Wildman–Crippen LogP) is 2.30. The van der Waals surface area contributed by atoms with Gasteiger partial charge in [0.2, 0.25) is 5.91 Å². The van der Waals surface area contributed by atoms with Crippen LogP contribution < -0.4 is 10.0 Å². The van der Waals surface area contributed by atoms with Gasteiger partial charge in [0.15, 0.2) is 0 Å². The number of rotatable bonds is 10. The smallest absolute Gasteiger partial charge is 0.263 e. The minimum absolute atomic E-state index is 0.00200. The molecule has 1 aromatic carbocycles. The zero-order valence-corrected chi connectivity index (χ0v) is 18.1. The van der Waals surface area contributed by atoms with Crippen LogP contribution in [0.25, 0.3) is 0 Å². The van der Waals surface area contributed by atoms with Crippen LogP contribution in [-0.4, -0.2) is 52.2 Å². The van der Waals surface area contributed by atoms with E-state index in [-0.39, 0.29) is 16.8 Å². The van der Waals surface area contributed by atoms with E-state index in [1.165, 1.54) is 0 Å². The molecular formula is C21H28N4O4S. The molecule has 0 aliphatic carbocycles. The number of benzene rings is 1. The average Bonchev–Trinajstić information content (AvgIpc) is 3.32. The van der Waals surface area contributed by atoms with E-state index in [4.69, 9.17) is 4.42 Å². The van der Waals surface area contributed by atoms with E-state index in [1.54, 1.807) is 30.5 Å². The quantitative estimate of drug-likeness (QED) is 0.561. The van der Waals surface area contributed by atoms with E-state index in [0.717, 1.165) is 25.0 Å². The van der Waals surface area contributed by atoms with Crippen molar-refractivity contribution in [2.45, 2.75) is 36.6 Å². The number of amides is 1. The van der Waals surface area contributed by atoms with Crippen LogP contribution in [0.1, 0.15) is 43.0 Å². The Hall–Kier alpha value is -2.65. The Morgan fingerprint density at radius 1 is 1.17 bits per heavy atom. The summed E-state index contributed by atoms with van der Waals surface area (Å²) in [4.78, 5) is 18.8. The third-order valence-electron chi connectivity index (χ3n) is 4.98. The number of sulfonamides is 1. The summed E-state index contributed by atoms with van der Waals surface area (Å²) in [6, 6.07) is 10.6. The van der Waals surface area contributed by atoms with Gasteiger partial charge in [-0.2, -0.15) is 0 Å². The molecule has 30 heavy (non-hydrogen) atoms. The van der Waals surface area contributed by atoms with E-state index in [2.05, 4.69) is 15.0 Å². The van der Waals surface area contributed by atoms with Crippen LogP contribution in [0, 0.1) is 0 Å². The highest BCUT2D eigenvalue weighted by molar-refractivity contribution is 7.90. The summed E-state index contributed by atoms with van der Waals surface area (Å²) in [5, 5.41) is 2.96.